The van der Waals surface area contributed by atoms with E-state index in [2.05, 4.69) is 19.3 Å². The molecule has 0 bridgehead atoms. The van der Waals surface area contributed by atoms with Gasteiger partial charge in [0.15, 0.2) is 0 Å². The van der Waals surface area contributed by atoms with E-state index < -0.39 is 0 Å². The highest BCUT2D eigenvalue weighted by atomic mass is 35.5. The molecule has 0 aromatic heterocycles. The van der Waals surface area contributed by atoms with Crippen LogP contribution in [0.4, 0.5) is 5.69 Å². The quantitative estimate of drug-likeness (QED) is 0.820. The number of nitrogen functional groups attached to an aromatic ring is 1. The molecule has 2 unspecified atom stereocenters. The lowest BCUT2D eigenvalue weighted by Gasteiger charge is -2.38. The second-order valence-corrected chi connectivity index (χ2v) is 5.62. The van der Waals surface area contributed by atoms with Crippen molar-refractivity contribution >= 4 is 23.2 Å². The van der Waals surface area contributed by atoms with Crippen molar-refractivity contribution in [1.29, 1.82) is 0 Å². The summed E-state index contributed by atoms with van der Waals surface area (Å²) in [5, 5.41) is 2.51. The van der Waals surface area contributed by atoms with Gasteiger partial charge in [-0.25, -0.2) is 5.01 Å². The second kappa shape index (κ2) is 5.80. The fraction of sp³-hybridized carbons (Fsp3) is 0.500. The number of hydrogen-bond acceptors (Lipinski definition) is 3. The van der Waals surface area contributed by atoms with Gasteiger partial charge in [0.2, 0.25) is 0 Å². The average molecular weight is 282 g/mol. The predicted octanol–water partition coefficient (Wildman–Crippen LogP) is 2.83. The van der Waals surface area contributed by atoms with Gasteiger partial charge < -0.3 is 5.73 Å². The number of benzene rings is 1. The number of nitrogens with two attached hydrogens (primary N) is 1. The third kappa shape index (κ3) is 3.19. The van der Waals surface area contributed by atoms with Crippen LogP contribution in [0, 0.1) is 0 Å². The zero-order valence-corrected chi connectivity index (χ0v) is 12.1. The number of halogens is 1. The maximum absolute atomic E-state index is 12.2. The molecule has 1 fully saturated rings. The van der Waals surface area contributed by atoms with Gasteiger partial charge in [-0.1, -0.05) is 18.0 Å². The van der Waals surface area contributed by atoms with Crippen LogP contribution in [0.5, 0.6) is 0 Å². The zero-order valence-electron chi connectivity index (χ0n) is 11.3. The standard InChI is InChI=1S/C14H20ClN3O/c1-9-4-3-5-10(2)18(9)17-14(19)11-6-7-12(15)13(16)8-11/h6-10H,3-5,16H2,1-2H3,(H,17,19). The van der Waals surface area contributed by atoms with Crippen LogP contribution in [0.25, 0.3) is 0 Å². The molecular formula is C14H20ClN3O. The van der Waals surface area contributed by atoms with Crippen LogP contribution >= 0.6 is 11.6 Å². The molecule has 2 atom stereocenters. The van der Waals surface area contributed by atoms with Gasteiger partial charge in [-0.3, -0.25) is 10.2 Å². The summed E-state index contributed by atoms with van der Waals surface area (Å²) in [5.41, 5.74) is 9.66. The Morgan fingerprint density at radius 1 is 1.37 bits per heavy atom. The summed E-state index contributed by atoms with van der Waals surface area (Å²) in [6.45, 7) is 4.26. The summed E-state index contributed by atoms with van der Waals surface area (Å²) in [6, 6.07) is 5.66. The Kier molecular flexibility index (Phi) is 4.32. The van der Waals surface area contributed by atoms with Crippen LogP contribution in [0.2, 0.25) is 5.02 Å². The molecule has 5 heteroatoms. The minimum atomic E-state index is -0.135. The maximum Gasteiger partial charge on any atom is 0.265 e. The number of carbonyl (C=O) groups excluding carboxylic acids is 1. The third-order valence-corrected chi connectivity index (χ3v) is 4.03. The van der Waals surface area contributed by atoms with Gasteiger partial charge in [0.1, 0.15) is 0 Å². The summed E-state index contributed by atoms with van der Waals surface area (Å²) in [7, 11) is 0. The molecule has 1 aromatic rings. The first kappa shape index (κ1) is 14.2. The lowest BCUT2D eigenvalue weighted by atomic mass is 10.00. The molecule has 104 valence electrons. The molecule has 4 nitrogen and oxygen atoms in total. The Morgan fingerprint density at radius 2 is 2.00 bits per heavy atom. The van der Waals surface area contributed by atoms with Crippen LogP contribution in [0.3, 0.4) is 0 Å². The zero-order chi connectivity index (χ0) is 14.0. The van der Waals surface area contributed by atoms with Crippen molar-refractivity contribution in [2.24, 2.45) is 0 Å². The fourth-order valence-electron chi connectivity index (χ4n) is 2.51. The van der Waals surface area contributed by atoms with E-state index >= 15 is 0 Å². The maximum atomic E-state index is 12.2. The van der Waals surface area contributed by atoms with Crippen LogP contribution in [0.1, 0.15) is 43.5 Å². The molecule has 1 saturated heterocycles. The highest BCUT2D eigenvalue weighted by molar-refractivity contribution is 6.33. The van der Waals surface area contributed by atoms with Crippen LogP contribution in [-0.2, 0) is 0 Å². The van der Waals surface area contributed by atoms with Gasteiger partial charge >= 0.3 is 0 Å². The van der Waals surface area contributed by atoms with Gasteiger partial charge in [-0.2, -0.15) is 0 Å². The number of rotatable bonds is 2. The number of piperidine rings is 1. The Balaban J connectivity index is 2.09. The lowest BCUT2D eigenvalue weighted by molar-refractivity contribution is 0.0370. The van der Waals surface area contributed by atoms with Crippen molar-refractivity contribution in [3.63, 3.8) is 0 Å². The second-order valence-electron chi connectivity index (χ2n) is 5.21. The van der Waals surface area contributed by atoms with Gasteiger partial charge in [0.05, 0.1) is 10.7 Å². The molecule has 1 heterocycles. The summed E-state index contributed by atoms with van der Waals surface area (Å²) >= 11 is 5.86. The normalized spacial score (nSPS) is 24.2. The van der Waals surface area contributed by atoms with E-state index in [4.69, 9.17) is 17.3 Å². The number of hydrogen-bond donors (Lipinski definition) is 2. The van der Waals surface area contributed by atoms with Gasteiger partial charge in [-0.05, 0) is 44.9 Å². The first-order valence-electron chi connectivity index (χ1n) is 6.63. The fourth-order valence-corrected chi connectivity index (χ4v) is 2.63. The number of nitrogens with one attached hydrogen (secondary N) is 1. The predicted molar refractivity (Wildman–Crippen MR) is 77.9 cm³/mol. The SMILES string of the molecule is CC1CCCC(C)N1NC(=O)c1ccc(Cl)c(N)c1. The summed E-state index contributed by atoms with van der Waals surface area (Å²) in [4.78, 5) is 12.2. The molecule has 2 rings (SSSR count). The summed E-state index contributed by atoms with van der Waals surface area (Å²) in [5.74, 6) is -0.135. The van der Waals surface area contributed by atoms with Crippen molar-refractivity contribution in [3.8, 4) is 0 Å². The smallest absolute Gasteiger partial charge is 0.265 e. The van der Waals surface area contributed by atoms with E-state index in [9.17, 15) is 4.79 Å². The van der Waals surface area contributed by atoms with Crippen molar-refractivity contribution in [2.45, 2.75) is 45.2 Å². The van der Waals surface area contributed by atoms with Crippen LogP contribution in [0.15, 0.2) is 18.2 Å². The Bertz CT molecular complexity index is 468. The molecule has 1 aromatic carbocycles. The van der Waals surface area contributed by atoms with Crippen molar-refractivity contribution in [3.05, 3.63) is 28.8 Å². The number of amides is 1. The molecule has 0 saturated carbocycles. The Labute approximate surface area is 118 Å². The average Bonchev–Trinajstić information content (AvgIpc) is 2.37. The number of anilines is 1. The Hall–Kier alpha value is -1.26. The molecule has 3 N–H and O–H groups in total. The molecule has 1 aliphatic rings. The number of nitrogens with zero attached hydrogens (tertiary/aromatic N) is 1. The highest BCUT2D eigenvalue weighted by Gasteiger charge is 2.26. The third-order valence-electron chi connectivity index (χ3n) is 3.68. The largest absolute Gasteiger partial charge is 0.398 e. The van der Waals surface area contributed by atoms with Crippen LogP contribution in [-0.4, -0.2) is 23.0 Å². The van der Waals surface area contributed by atoms with Gasteiger partial charge in [0.25, 0.3) is 5.91 Å². The van der Waals surface area contributed by atoms with Crippen molar-refractivity contribution in [2.75, 3.05) is 5.73 Å². The molecule has 1 amide bonds. The molecule has 1 aliphatic heterocycles. The monoisotopic (exact) mass is 281 g/mol. The van der Waals surface area contributed by atoms with Crippen molar-refractivity contribution < 1.29 is 4.79 Å². The highest BCUT2D eigenvalue weighted by Crippen LogP contribution is 2.22. The van der Waals surface area contributed by atoms with E-state index in [1.54, 1.807) is 18.2 Å². The first-order chi connectivity index (χ1) is 8.99. The van der Waals surface area contributed by atoms with Crippen LogP contribution < -0.4 is 11.2 Å². The summed E-state index contributed by atoms with van der Waals surface area (Å²) in [6.07, 6.45) is 3.42. The molecular weight excluding hydrogens is 262 g/mol. The molecule has 0 aliphatic carbocycles. The van der Waals surface area contributed by atoms with E-state index in [0.29, 0.717) is 28.4 Å². The number of carbonyl (C=O) groups is 1. The minimum absolute atomic E-state index is 0.135. The molecule has 0 radical (unpaired) electrons. The number of hydrazine groups is 1. The molecule has 19 heavy (non-hydrogen) atoms. The van der Waals surface area contributed by atoms with E-state index in [0.717, 1.165) is 12.8 Å². The topological polar surface area (TPSA) is 58.4 Å². The van der Waals surface area contributed by atoms with E-state index in [1.807, 2.05) is 5.01 Å². The lowest BCUT2D eigenvalue weighted by Crippen LogP contribution is -2.54. The molecule has 0 spiro atoms. The van der Waals surface area contributed by atoms with Crippen molar-refractivity contribution in [1.82, 2.24) is 10.4 Å². The van der Waals surface area contributed by atoms with E-state index in [-0.39, 0.29) is 5.91 Å². The first-order valence-corrected chi connectivity index (χ1v) is 7.01. The van der Waals surface area contributed by atoms with Gasteiger partial charge in [-0.15, -0.1) is 0 Å². The Morgan fingerprint density at radius 3 is 2.58 bits per heavy atom. The van der Waals surface area contributed by atoms with E-state index in [1.165, 1.54) is 6.42 Å². The van der Waals surface area contributed by atoms with Gasteiger partial charge in [0, 0.05) is 17.6 Å². The minimum Gasteiger partial charge on any atom is -0.398 e. The summed E-state index contributed by atoms with van der Waals surface area (Å²) < 4.78 is 0.